The molecule has 1 nitrogen and oxygen atoms in total. The first-order valence-electron chi connectivity index (χ1n) is 7.75. The maximum Gasteiger partial charge on any atom is 0.00510 e. The van der Waals surface area contributed by atoms with Gasteiger partial charge in [-0.25, -0.2) is 0 Å². The second-order valence-electron chi connectivity index (χ2n) is 6.25. The van der Waals surface area contributed by atoms with Crippen molar-refractivity contribution in [3.63, 3.8) is 0 Å². The minimum atomic E-state index is 0.778. The van der Waals surface area contributed by atoms with Crippen LogP contribution in [-0.2, 0) is 6.42 Å². The third-order valence-electron chi connectivity index (χ3n) is 4.96. The zero-order valence-corrected chi connectivity index (χ0v) is 11.8. The highest BCUT2D eigenvalue weighted by Gasteiger charge is 2.36. The van der Waals surface area contributed by atoms with Gasteiger partial charge in [0.25, 0.3) is 0 Å². The summed E-state index contributed by atoms with van der Waals surface area (Å²) in [4.78, 5) is 2.67. The summed E-state index contributed by atoms with van der Waals surface area (Å²) < 4.78 is 0. The van der Waals surface area contributed by atoms with Crippen LogP contribution >= 0.6 is 0 Å². The lowest BCUT2D eigenvalue weighted by Gasteiger charge is -2.32. The summed E-state index contributed by atoms with van der Waals surface area (Å²) in [6.07, 6.45) is 2.55. The normalized spacial score (nSPS) is 24.6. The van der Waals surface area contributed by atoms with Gasteiger partial charge in [0.1, 0.15) is 0 Å². The molecule has 2 unspecified atom stereocenters. The van der Waals surface area contributed by atoms with Crippen LogP contribution in [0.15, 0.2) is 54.6 Å². The van der Waals surface area contributed by atoms with Gasteiger partial charge >= 0.3 is 0 Å². The summed E-state index contributed by atoms with van der Waals surface area (Å²) in [6.45, 7) is 3.70. The highest BCUT2D eigenvalue weighted by atomic mass is 15.1. The van der Waals surface area contributed by atoms with Gasteiger partial charge < -0.3 is 4.90 Å². The Bertz CT molecular complexity index is 559. The number of nitrogens with zero attached hydrogens (tertiary/aromatic N) is 1. The van der Waals surface area contributed by atoms with Gasteiger partial charge in [-0.2, -0.15) is 0 Å². The monoisotopic (exact) mass is 263 g/mol. The minimum absolute atomic E-state index is 0.778. The third kappa shape index (κ3) is 2.16. The van der Waals surface area contributed by atoms with Crippen LogP contribution in [0.1, 0.15) is 34.9 Å². The first kappa shape index (κ1) is 12.2. The Kier molecular flexibility index (Phi) is 3.08. The number of likely N-dealkylation sites (tertiary alicyclic amines) is 1. The SMILES string of the molecule is c1ccc(CCN2CC3CC(C2)c2ccccc23)cc1. The van der Waals surface area contributed by atoms with Gasteiger partial charge in [0.15, 0.2) is 0 Å². The molecule has 2 atom stereocenters. The molecule has 4 rings (SSSR count). The topological polar surface area (TPSA) is 3.24 Å². The Hall–Kier alpha value is -1.60. The smallest absolute Gasteiger partial charge is 0.00510 e. The van der Waals surface area contributed by atoms with Crippen LogP contribution in [0.25, 0.3) is 0 Å². The van der Waals surface area contributed by atoms with Crippen LogP contribution in [0.3, 0.4) is 0 Å². The van der Waals surface area contributed by atoms with Crippen molar-refractivity contribution >= 4 is 0 Å². The molecule has 20 heavy (non-hydrogen) atoms. The summed E-state index contributed by atoms with van der Waals surface area (Å²) in [5.41, 5.74) is 4.71. The Morgan fingerprint density at radius 2 is 1.40 bits per heavy atom. The number of benzene rings is 2. The molecule has 1 heterocycles. The summed E-state index contributed by atoms with van der Waals surface area (Å²) in [7, 11) is 0. The Balaban J connectivity index is 1.44. The summed E-state index contributed by atoms with van der Waals surface area (Å²) in [5, 5.41) is 0. The number of rotatable bonds is 3. The van der Waals surface area contributed by atoms with E-state index in [0.29, 0.717) is 0 Å². The van der Waals surface area contributed by atoms with Gasteiger partial charge in [-0.15, -0.1) is 0 Å². The number of fused-ring (bicyclic) bond motifs is 5. The molecule has 102 valence electrons. The first-order chi connectivity index (χ1) is 9.90. The molecule has 0 aromatic heterocycles. The maximum atomic E-state index is 2.67. The Morgan fingerprint density at radius 1 is 0.800 bits per heavy atom. The molecule has 0 amide bonds. The van der Waals surface area contributed by atoms with Gasteiger partial charge in [-0.3, -0.25) is 0 Å². The van der Waals surface area contributed by atoms with Crippen molar-refractivity contribution in [1.82, 2.24) is 4.90 Å². The molecule has 2 aliphatic rings. The lowest BCUT2D eigenvalue weighted by Crippen LogP contribution is -2.36. The van der Waals surface area contributed by atoms with Gasteiger partial charge in [-0.05, 0) is 41.4 Å². The van der Waals surface area contributed by atoms with Gasteiger partial charge in [0, 0.05) is 19.6 Å². The lowest BCUT2D eigenvalue weighted by atomic mass is 9.95. The van der Waals surface area contributed by atoms with Crippen molar-refractivity contribution < 1.29 is 0 Å². The van der Waals surface area contributed by atoms with Crippen LogP contribution in [0.2, 0.25) is 0 Å². The highest BCUT2D eigenvalue weighted by molar-refractivity contribution is 5.40. The molecule has 0 spiro atoms. The first-order valence-corrected chi connectivity index (χ1v) is 7.75. The van der Waals surface area contributed by atoms with Crippen molar-refractivity contribution in [3.05, 3.63) is 71.3 Å². The van der Waals surface area contributed by atoms with Crippen molar-refractivity contribution in [2.75, 3.05) is 19.6 Å². The zero-order valence-electron chi connectivity index (χ0n) is 11.8. The molecule has 1 fully saturated rings. The van der Waals surface area contributed by atoms with E-state index in [9.17, 15) is 0 Å². The van der Waals surface area contributed by atoms with E-state index in [4.69, 9.17) is 0 Å². The molecule has 2 aromatic carbocycles. The average molecular weight is 263 g/mol. The molecule has 1 aliphatic carbocycles. The fraction of sp³-hybridized carbons (Fsp3) is 0.368. The highest BCUT2D eigenvalue weighted by Crippen LogP contribution is 2.45. The number of hydrogen-bond acceptors (Lipinski definition) is 1. The van der Waals surface area contributed by atoms with E-state index in [1.165, 1.54) is 38.0 Å². The predicted octanol–water partition coefficient (Wildman–Crippen LogP) is 3.82. The van der Waals surface area contributed by atoms with E-state index in [1.807, 2.05) is 0 Å². The fourth-order valence-corrected chi connectivity index (χ4v) is 4.01. The number of hydrogen-bond donors (Lipinski definition) is 0. The molecular weight excluding hydrogens is 242 g/mol. The molecule has 2 aromatic rings. The summed E-state index contributed by atoms with van der Waals surface area (Å²) in [6, 6.07) is 20.0. The van der Waals surface area contributed by atoms with Crippen LogP contribution in [0.4, 0.5) is 0 Å². The second kappa shape index (κ2) is 5.06. The Labute approximate surface area is 121 Å². The summed E-state index contributed by atoms with van der Waals surface area (Å²) in [5.74, 6) is 1.56. The van der Waals surface area contributed by atoms with E-state index in [-0.39, 0.29) is 0 Å². The van der Waals surface area contributed by atoms with E-state index in [2.05, 4.69) is 59.5 Å². The minimum Gasteiger partial charge on any atom is -0.302 e. The third-order valence-corrected chi connectivity index (χ3v) is 4.96. The molecule has 0 N–H and O–H groups in total. The van der Waals surface area contributed by atoms with E-state index < -0.39 is 0 Å². The van der Waals surface area contributed by atoms with Crippen LogP contribution in [0.5, 0.6) is 0 Å². The summed E-state index contributed by atoms with van der Waals surface area (Å²) >= 11 is 0. The van der Waals surface area contributed by atoms with Crippen molar-refractivity contribution in [2.24, 2.45) is 0 Å². The molecule has 1 heteroatoms. The van der Waals surface area contributed by atoms with Crippen molar-refractivity contribution in [3.8, 4) is 0 Å². The van der Waals surface area contributed by atoms with Crippen LogP contribution in [-0.4, -0.2) is 24.5 Å². The number of piperidine rings is 1. The molecule has 0 saturated carbocycles. The van der Waals surface area contributed by atoms with E-state index in [1.54, 1.807) is 11.1 Å². The standard InChI is InChI=1S/C19H21N/c1-2-6-15(7-3-1)10-11-20-13-16-12-17(14-20)19-9-5-4-8-18(16)19/h1-9,16-17H,10-14H2. The molecule has 1 aliphatic heterocycles. The predicted molar refractivity (Wildman–Crippen MR) is 83.1 cm³/mol. The molecular formula is C19H21N. The van der Waals surface area contributed by atoms with Crippen LogP contribution in [0, 0.1) is 0 Å². The van der Waals surface area contributed by atoms with Crippen molar-refractivity contribution in [2.45, 2.75) is 24.7 Å². The van der Waals surface area contributed by atoms with Crippen LogP contribution < -0.4 is 0 Å². The average Bonchev–Trinajstić information content (AvgIpc) is 2.78. The quantitative estimate of drug-likeness (QED) is 0.814. The van der Waals surface area contributed by atoms with E-state index in [0.717, 1.165) is 11.8 Å². The van der Waals surface area contributed by atoms with Gasteiger partial charge in [0.05, 0.1) is 0 Å². The van der Waals surface area contributed by atoms with Crippen molar-refractivity contribution in [1.29, 1.82) is 0 Å². The molecule has 0 radical (unpaired) electrons. The van der Waals surface area contributed by atoms with Gasteiger partial charge in [0.2, 0.25) is 0 Å². The maximum absolute atomic E-state index is 2.67. The lowest BCUT2D eigenvalue weighted by molar-refractivity contribution is 0.205. The molecule has 1 saturated heterocycles. The second-order valence-corrected chi connectivity index (χ2v) is 6.25. The van der Waals surface area contributed by atoms with E-state index >= 15 is 0 Å². The Morgan fingerprint density at radius 3 is 2.05 bits per heavy atom. The fourth-order valence-electron chi connectivity index (χ4n) is 4.01. The zero-order chi connectivity index (χ0) is 13.4. The van der Waals surface area contributed by atoms with Gasteiger partial charge in [-0.1, -0.05) is 54.6 Å². The molecule has 2 bridgehead atoms. The largest absolute Gasteiger partial charge is 0.302 e.